The zero-order chi connectivity index (χ0) is 20.1. The number of rotatable bonds is 1. The molecule has 1 aliphatic rings. The van der Waals surface area contributed by atoms with Gasteiger partial charge in [-0.1, -0.05) is 12.1 Å². The van der Waals surface area contributed by atoms with Crippen molar-refractivity contribution in [3.05, 3.63) is 46.5 Å². The number of hydrogen-bond donors (Lipinski definition) is 0. The zero-order valence-corrected chi connectivity index (χ0v) is 14.9. The van der Waals surface area contributed by atoms with Crippen molar-refractivity contribution in [1.29, 1.82) is 0 Å². The van der Waals surface area contributed by atoms with E-state index in [1.54, 1.807) is 4.90 Å². The normalized spacial score (nSPS) is 14.8. The van der Waals surface area contributed by atoms with E-state index >= 15 is 0 Å². The van der Waals surface area contributed by atoms with Crippen LogP contribution in [0.4, 0.5) is 18.0 Å². The Balaban J connectivity index is 1.81. The third-order valence-electron chi connectivity index (χ3n) is 4.84. The number of imidazole rings is 1. The van der Waals surface area contributed by atoms with Crippen LogP contribution in [0.3, 0.4) is 0 Å². The molecule has 0 N–H and O–H groups in total. The topological polar surface area (TPSA) is 73.0 Å². The van der Waals surface area contributed by atoms with Crippen LogP contribution in [0.25, 0.3) is 22.6 Å². The molecule has 0 aliphatic carbocycles. The SMILES string of the molecule is Cn1c(=O)n(C(=O)N2CCCC2)c2nc(-c3ccc(C(F)(F)F)cc3)ncc21. The molecule has 4 rings (SSSR count). The van der Waals surface area contributed by atoms with Crippen molar-refractivity contribution in [1.82, 2.24) is 24.0 Å². The van der Waals surface area contributed by atoms with E-state index in [-0.39, 0.29) is 11.5 Å². The zero-order valence-electron chi connectivity index (χ0n) is 14.9. The molecule has 0 unspecified atom stereocenters. The highest BCUT2D eigenvalue weighted by Crippen LogP contribution is 2.30. The number of halogens is 3. The standard InChI is InChI=1S/C18H16F3N5O2/c1-24-13-10-22-14(11-4-6-12(7-5-11)18(19,20)21)23-15(13)26(16(24)27)17(28)25-8-2-3-9-25/h4-7,10H,2-3,8-9H2,1H3. The van der Waals surface area contributed by atoms with Crippen LogP contribution in [-0.2, 0) is 13.2 Å². The number of fused-ring (bicyclic) bond motifs is 1. The highest BCUT2D eigenvalue weighted by Gasteiger charge is 2.30. The first-order chi connectivity index (χ1) is 13.3. The van der Waals surface area contributed by atoms with Gasteiger partial charge in [0.1, 0.15) is 5.52 Å². The Hall–Kier alpha value is -3.17. The molecular formula is C18H16F3N5O2. The van der Waals surface area contributed by atoms with E-state index in [1.807, 2.05) is 0 Å². The molecule has 0 radical (unpaired) electrons. The number of amides is 1. The van der Waals surface area contributed by atoms with Crippen molar-refractivity contribution in [3.63, 3.8) is 0 Å². The maximum absolute atomic E-state index is 12.8. The van der Waals surface area contributed by atoms with E-state index in [0.717, 1.165) is 29.5 Å². The monoisotopic (exact) mass is 391 g/mol. The van der Waals surface area contributed by atoms with Gasteiger partial charge in [0.15, 0.2) is 11.5 Å². The molecule has 1 amide bonds. The van der Waals surface area contributed by atoms with Crippen molar-refractivity contribution >= 4 is 17.2 Å². The van der Waals surface area contributed by atoms with E-state index < -0.39 is 23.5 Å². The van der Waals surface area contributed by atoms with E-state index in [0.29, 0.717) is 24.2 Å². The van der Waals surface area contributed by atoms with Crippen molar-refractivity contribution in [2.24, 2.45) is 7.05 Å². The predicted octanol–water partition coefficient (Wildman–Crippen LogP) is 2.88. The first-order valence-electron chi connectivity index (χ1n) is 8.69. The van der Waals surface area contributed by atoms with Crippen LogP contribution in [0.2, 0.25) is 0 Å². The average molecular weight is 391 g/mol. The van der Waals surface area contributed by atoms with Gasteiger partial charge < -0.3 is 4.90 Å². The number of benzene rings is 1. The number of alkyl halides is 3. The number of aromatic nitrogens is 4. The Kier molecular flexibility index (Phi) is 4.20. The number of hydrogen-bond acceptors (Lipinski definition) is 4. The third-order valence-corrected chi connectivity index (χ3v) is 4.84. The van der Waals surface area contributed by atoms with Crippen LogP contribution in [0.5, 0.6) is 0 Å². The Labute approximate surface area is 157 Å². The van der Waals surface area contributed by atoms with Crippen LogP contribution in [0, 0.1) is 0 Å². The predicted molar refractivity (Wildman–Crippen MR) is 94.8 cm³/mol. The van der Waals surface area contributed by atoms with Crippen LogP contribution in [-0.4, -0.2) is 43.1 Å². The molecule has 2 aromatic heterocycles. The molecule has 3 heterocycles. The molecule has 1 fully saturated rings. The summed E-state index contributed by atoms with van der Waals surface area (Å²) in [5, 5.41) is 0. The van der Waals surface area contributed by atoms with Gasteiger partial charge in [-0.15, -0.1) is 0 Å². The van der Waals surface area contributed by atoms with E-state index in [9.17, 15) is 22.8 Å². The van der Waals surface area contributed by atoms with E-state index in [1.165, 1.54) is 29.9 Å². The molecular weight excluding hydrogens is 375 g/mol. The maximum atomic E-state index is 12.8. The average Bonchev–Trinajstić information content (AvgIpc) is 3.29. The molecule has 0 bridgehead atoms. The molecule has 10 heteroatoms. The second-order valence-corrected chi connectivity index (χ2v) is 6.63. The molecule has 0 spiro atoms. The van der Waals surface area contributed by atoms with Gasteiger partial charge in [-0.05, 0) is 25.0 Å². The van der Waals surface area contributed by atoms with Crippen LogP contribution < -0.4 is 5.69 Å². The fraction of sp³-hybridized carbons (Fsp3) is 0.333. The number of carbonyl (C=O) groups excluding carboxylic acids is 1. The van der Waals surface area contributed by atoms with Gasteiger partial charge in [-0.25, -0.2) is 19.6 Å². The van der Waals surface area contributed by atoms with E-state index in [2.05, 4.69) is 9.97 Å². The summed E-state index contributed by atoms with van der Waals surface area (Å²) in [6.45, 7) is 1.14. The largest absolute Gasteiger partial charge is 0.416 e. The van der Waals surface area contributed by atoms with Crippen molar-refractivity contribution in [3.8, 4) is 11.4 Å². The van der Waals surface area contributed by atoms with Gasteiger partial charge in [-0.2, -0.15) is 17.7 Å². The molecule has 1 aliphatic heterocycles. The highest BCUT2D eigenvalue weighted by atomic mass is 19.4. The van der Waals surface area contributed by atoms with Gasteiger partial charge in [0.25, 0.3) is 0 Å². The summed E-state index contributed by atoms with van der Waals surface area (Å²) >= 11 is 0. The fourth-order valence-electron chi connectivity index (χ4n) is 3.28. The van der Waals surface area contributed by atoms with Gasteiger partial charge in [0.2, 0.25) is 0 Å². The summed E-state index contributed by atoms with van der Waals surface area (Å²) in [4.78, 5) is 35.4. The minimum absolute atomic E-state index is 0.134. The number of nitrogens with zero attached hydrogens (tertiary/aromatic N) is 5. The lowest BCUT2D eigenvalue weighted by Crippen LogP contribution is -2.38. The molecule has 0 atom stereocenters. The summed E-state index contributed by atoms with van der Waals surface area (Å²) in [6.07, 6.45) is -1.30. The summed E-state index contributed by atoms with van der Waals surface area (Å²) < 4.78 is 40.5. The van der Waals surface area contributed by atoms with Crippen molar-refractivity contribution in [2.45, 2.75) is 19.0 Å². The molecule has 7 nitrogen and oxygen atoms in total. The third kappa shape index (κ3) is 2.94. The maximum Gasteiger partial charge on any atom is 0.416 e. The molecule has 1 aromatic carbocycles. The second-order valence-electron chi connectivity index (χ2n) is 6.63. The fourth-order valence-corrected chi connectivity index (χ4v) is 3.28. The van der Waals surface area contributed by atoms with Gasteiger partial charge in [-0.3, -0.25) is 4.57 Å². The first-order valence-corrected chi connectivity index (χ1v) is 8.69. The second kappa shape index (κ2) is 6.47. The summed E-state index contributed by atoms with van der Waals surface area (Å²) in [7, 11) is 1.51. The van der Waals surface area contributed by atoms with Crippen LogP contribution in [0.1, 0.15) is 18.4 Å². The Morgan fingerprint density at radius 3 is 2.36 bits per heavy atom. The number of carbonyl (C=O) groups is 1. The van der Waals surface area contributed by atoms with Crippen molar-refractivity contribution < 1.29 is 18.0 Å². The van der Waals surface area contributed by atoms with Gasteiger partial charge >= 0.3 is 17.9 Å². The lowest BCUT2D eigenvalue weighted by molar-refractivity contribution is -0.137. The van der Waals surface area contributed by atoms with Crippen LogP contribution >= 0.6 is 0 Å². The smallest absolute Gasteiger partial charge is 0.324 e. The summed E-state index contributed by atoms with van der Waals surface area (Å²) in [5.41, 5.74) is -0.460. The lowest BCUT2D eigenvalue weighted by Gasteiger charge is -2.14. The van der Waals surface area contributed by atoms with E-state index in [4.69, 9.17) is 0 Å². The molecule has 3 aromatic rings. The first kappa shape index (κ1) is 18.2. The van der Waals surface area contributed by atoms with Gasteiger partial charge in [0, 0.05) is 25.7 Å². The Morgan fingerprint density at radius 1 is 1.11 bits per heavy atom. The van der Waals surface area contributed by atoms with Gasteiger partial charge in [0.05, 0.1) is 11.8 Å². The molecule has 146 valence electrons. The van der Waals surface area contributed by atoms with Crippen LogP contribution in [0.15, 0.2) is 35.3 Å². The minimum Gasteiger partial charge on any atom is -0.324 e. The quantitative estimate of drug-likeness (QED) is 0.640. The summed E-state index contributed by atoms with van der Waals surface area (Å²) in [6, 6.07) is 3.95. The molecule has 28 heavy (non-hydrogen) atoms. The highest BCUT2D eigenvalue weighted by molar-refractivity contribution is 5.87. The minimum atomic E-state index is -4.44. The number of aryl methyl sites for hydroxylation is 1. The molecule has 0 saturated carbocycles. The Bertz CT molecular complexity index is 1110. The van der Waals surface area contributed by atoms with Crippen molar-refractivity contribution in [2.75, 3.05) is 13.1 Å². The molecule has 1 saturated heterocycles. The lowest BCUT2D eigenvalue weighted by atomic mass is 10.1. The summed E-state index contributed by atoms with van der Waals surface area (Å²) in [5.74, 6) is 0.134. The number of likely N-dealkylation sites (tertiary alicyclic amines) is 1. The Morgan fingerprint density at radius 2 is 1.75 bits per heavy atom.